The van der Waals surface area contributed by atoms with E-state index in [-0.39, 0.29) is 59.2 Å². The maximum Gasteiger partial charge on any atom is 0.247 e. The van der Waals surface area contributed by atoms with Crippen LogP contribution >= 0.6 is 0 Å². The molecule has 5 rings (SSSR count). The lowest BCUT2D eigenvalue weighted by Crippen LogP contribution is -2.54. The molecule has 5 atom stereocenters. The van der Waals surface area contributed by atoms with Gasteiger partial charge in [0.1, 0.15) is 23.1 Å². The zero-order valence-electron chi connectivity index (χ0n) is 25.4. The monoisotopic (exact) mass is 610 g/mol. The van der Waals surface area contributed by atoms with E-state index in [4.69, 9.17) is 10.5 Å². The second-order valence-corrected chi connectivity index (χ2v) is 12.3. The van der Waals surface area contributed by atoms with E-state index in [0.717, 1.165) is 11.3 Å². The van der Waals surface area contributed by atoms with Gasteiger partial charge in [-0.15, -0.1) is 0 Å². The molecule has 3 aliphatic rings. The van der Waals surface area contributed by atoms with Gasteiger partial charge in [0.15, 0.2) is 17.7 Å². The van der Waals surface area contributed by atoms with Gasteiger partial charge >= 0.3 is 0 Å². The largest absolute Gasteiger partial charge is 0.510 e. The molecule has 11 nitrogen and oxygen atoms in total. The molecule has 2 aliphatic carbocycles. The summed E-state index contributed by atoms with van der Waals surface area (Å²) in [4.78, 5) is 29.6. The lowest BCUT2D eigenvalue weighted by atomic mass is 9.62. The Morgan fingerprint density at radius 1 is 1.18 bits per heavy atom. The van der Waals surface area contributed by atoms with Crippen LogP contribution in [-0.4, -0.2) is 83.1 Å². The highest BCUT2D eigenvalue weighted by molar-refractivity contribution is 6.11. The molecule has 1 saturated carbocycles. The molecule has 2 fully saturated rings. The van der Waals surface area contributed by atoms with Crippen LogP contribution < -0.4 is 16.0 Å². The Hall–Kier alpha value is -3.97. The van der Waals surface area contributed by atoms with Gasteiger partial charge in [0.2, 0.25) is 5.91 Å². The molecule has 12 heteroatoms. The molecule has 1 aliphatic heterocycles. The number of ether oxygens (including phenoxy) is 1. The number of nitrogens with zero attached hydrogens (tertiary/aromatic N) is 2. The Kier molecular flexibility index (Phi) is 8.23. The first-order chi connectivity index (χ1) is 20.7. The SMILES string of the molecule is C/C(C(N)=O)=C(/O)[C@H](C1C[C@@H]2Cc3c(N(C)C)cc(CNCc4ccc(F)cc4)c(O)c3C(O)=C2C(=O)[C@@]12OC2O)N(C)C. The van der Waals surface area contributed by atoms with E-state index in [1.165, 1.54) is 19.1 Å². The third-order valence-electron chi connectivity index (χ3n) is 9.13. The molecule has 236 valence electrons. The van der Waals surface area contributed by atoms with Crippen molar-refractivity contribution in [3.8, 4) is 5.75 Å². The number of carbonyl (C=O) groups is 2. The number of hydrogen-bond acceptors (Lipinski definition) is 10. The molecular weight excluding hydrogens is 571 g/mol. The van der Waals surface area contributed by atoms with Gasteiger partial charge in [0.05, 0.1) is 17.2 Å². The molecule has 0 radical (unpaired) electrons. The number of rotatable bonds is 9. The fraction of sp³-hybridized carbons (Fsp3) is 0.438. The van der Waals surface area contributed by atoms with Crippen molar-refractivity contribution in [3.63, 3.8) is 0 Å². The fourth-order valence-corrected chi connectivity index (χ4v) is 6.82. The lowest BCUT2D eigenvalue weighted by Gasteiger charge is -2.43. The average molecular weight is 611 g/mol. The van der Waals surface area contributed by atoms with Crippen LogP contribution in [0.3, 0.4) is 0 Å². The lowest BCUT2D eigenvalue weighted by molar-refractivity contribution is -0.126. The number of epoxide rings is 1. The quantitative estimate of drug-likeness (QED) is 0.141. The van der Waals surface area contributed by atoms with E-state index in [1.807, 2.05) is 25.1 Å². The number of likely N-dealkylation sites (N-methyl/N-ethyl adjacent to an activating group) is 1. The molecule has 1 amide bonds. The molecule has 1 spiro atoms. The van der Waals surface area contributed by atoms with Gasteiger partial charge in [-0.05, 0) is 69.1 Å². The number of phenolic OH excluding ortho intramolecular Hbond substituents is 1. The first-order valence-corrected chi connectivity index (χ1v) is 14.4. The topological polar surface area (TPSA) is 172 Å². The molecule has 7 N–H and O–H groups in total. The highest BCUT2D eigenvalue weighted by atomic mass is 19.1. The molecule has 0 aromatic heterocycles. The summed E-state index contributed by atoms with van der Waals surface area (Å²) in [6, 6.07) is 6.99. The van der Waals surface area contributed by atoms with Crippen molar-refractivity contribution in [2.75, 3.05) is 33.1 Å². The van der Waals surface area contributed by atoms with Crippen LogP contribution in [0.15, 0.2) is 47.2 Å². The molecule has 1 saturated heterocycles. The molecule has 2 unspecified atom stereocenters. The smallest absolute Gasteiger partial charge is 0.247 e. The number of benzene rings is 2. The van der Waals surface area contributed by atoms with Crippen molar-refractivity contribution in [2.45, 2.75) is 50.8 Å². The van der Waals surface area contributed by atoms with Crippen molar-refractivity contribution >= 4 is 23.1 Å². The Morgan fingerprint density at radius 3 is 2.36 bits per heavy atom. The minimum atomic E-state index is -1.76. The van der Waals surface area contributed by atoms with Gasteiger partial charge in [-0.2, -0.15) is 0 Å². The Balaban J connectivity index is 1.55. The normalized spacial score (nSPS) is 25.5. The summed E-state index contributed by atoms with van der Waals surface area (Å²) in [6.45, 7) is 2.02. The van der Waals surface area contributed by atoms with E-state index in [0.29, 0.717) is 17.7 Å². The minimum absolute atomic E-state index is 0.0503. The number of nitrogens with one attached hydrogen (secondary N) is 1. The van der Waals surface area contributed by atoms with Gasteiger partial charge in [-0.1, -0.05) is 12.1 Å². The predicted octanol–water partition coefficient (Wildman–Crippen LogP) is 2.25. The number of anilines is 1. The number of fused-ring (bicyclic) bond motifs is 2. The second-order valence-electron chi connectivity index (χ2n) is 12.3. The first-order valence-electron chi connectivity index (χ1n) is 14.4. The number of amides is 1. The van der Waals surface area contributed by atoms with E-state index in [9.17, 15) is 34.4 Å². The Morgan fingerprint density at radius 2 is 1.82 bits per heavy atom. The Labute approximate surface area is 255 Å². The predicted molar refractivity (Wildman–Crippen MR) is 161 cm³/mol. The van der Waals surface area contributed by atoms with Crippen LogP contribution in [0.25, 0.3) is 5.76 Å². The van der Waals surface area contributed by atoms with Crippen LogP contribution in [0.4, 0.5) is 10.1 Å². The summed E-state index contributed by atoms with van der Waals surface area (Å²) >= 11 is 0. The van der Waals surface area contributed by atoms with Crippen LogP contribution in [-0.2, 0) is 33.8 Å². The summed E-state index contributed by atoms with van der Waals surface area (Å²) < 4.78 is 18.9. The summed E-state index contributed by atoms with van der Waals surface area (Å²) in [5, 5.41) is 48.2. The van der Waals surface area contributed by atoms with Gasteiger partial charge in [-0.3, -0.25) is 14.5 Å². The number of phenols is 1. The van der Waals surface area contributed by atoms with Gasteiger partial charge in [0, 0.05) is 49.9 Å². The average Bonchev–Trinajstić information content (AvgIpc) is 3.63. The molecule has 2 aromatic rings. The van der Waals surface area contributed by atoms with E-state index in [2.05, 4.69) is 5.32 Å². The minimum Gasteiger partial charge on any atom is -0.510 e. The van der Waals surface area contributed by atoms with Crippen LogP contribution in [0.2, 0.25) is 0 Å². The Bertz CT molecular complexity index is 1570. The number of halogens is 1. The summed E-state index contributed by atoms with van der Waals surface area (Å²) in [5.41, 5.74) is 6.55. The van der Waals surface area contributed by atoms with Gasteiger partial charge in [-0.25, -0.2) is 4.39 Å². The van der Waals surface area contributed by atoms with Crippen molar-refractivity contribution in [1.29, 1.82) is 0 Å². The van der Waals surface area contributed by atoms with Gasteiger partial charge < -0.3 is 41.1 Å². The molecule has 2 aromatic carbocycles. The highest BCUT2D eigenvalue weighted by Gasteiger charge is 2.72. The van der Waals surface area contributed by atoms with Crippen molar-refractivity contribution in [3.05, 3.63) is 75.3 Å². The summed E-state index contributed by atoms with van der Waals surface area (Å²) in [5.74, 6) is -3.98. The molecule has 1 heterocycles. The molecule has 44 heavy (non-hydrogen) atoms. The zero-order valence-corrected chi connectivity index (χ0v) is 25.4. The van der Waals surface area contributed by atoms with Crippen molar-refractivity contribution in [1.82, 2.24) is 10.2 Å². The van der Waals surface area contributed by atoms with Crippen molar-refractivity contribution in [2.24, 2.45) is 17.6 Å². The number of aliphatic hydroxyl groups excluding tert-OH is 3. The molecular formula is C32H39FN4O7. The zero-order chi connectivity index (χ0) is 32.2. The van der Waals surface area contributed by atoms with Crippen LogP contribution in [0.5, 0.6) is 5.75 Å². The fourth-order valence-electron chi connectivity index (χ4n) is 6.82. The second kappa shape index (κ2) is 11.5. The maximum absolute atomic E-state index is 14.2. The van der Waals surface area contributed by atoms with E-state index >= 15 is 0 Å². The van der Waals surface area contributed by atoms with Crippen LogP contribution in [0.1, 0.15) is 35.6 Å². The summed E-state index contributed by atoms with van der Waals surface area (Å²) in [7, 11) is 7.03. The number of carbonyl (C=O) groups excluding carboxylic acids is 2. The summed E-state index contributed by atoms with van der Waals surface area (Å²) in [6.07, 6.45) is -0.984. The number of hydrogen-bond donors (Lipinski definition) is 6. The van der Waals surface area contributed by atoms with Gasteiger partial charge in [0.25, 0.3) is 0 Å². The number of aromatic hydroxyl groups is 1. The number of nitrogens with two attached hydrogens (primary N) is 1. The maximum atomic E-state index is 14.2. The third kappa shape index (κ3) is 5.11. The number of ketones is 1. The van der Waals surface area contributed by atoms with E-state index < -0.39 is 41.5 Å². The number of aliphatic hydroxyl groups is 3. The first kappa shape index (κ1) is 31.5. The number of primary amides is 1. The standard InChI is InChI=1S/C32H39FN4O7/c1-15(30(34)42)26(38)25(37(4)5)21-11-17-10-20-22(36(2)3)12-18(14-35-13-16-6-8-19(33)9-7-16)27(39)24(20)28(40)23(17)29(41)32(21)31(43)44-32/h6-9,12,17,21,25,31,35,38-40,43H,10-11,13-14H2,1-5H3,(H2,34,42)/b26-15-/t17-,21?,25-,31?,32-/m0/s1. The van der Waals surface area contributed by atoms with E-state index in [1.54, 1.807) is 31.1 Å². The highest BCUT2D eigenvalue weighted by Crippen LogP contribution is 2.58. The van der Waals surface area contributed by atoms with Crippen LogP contribution in [0, 0.1) is 17.7 Å². The molecule has 0 bridgehead atoms. The van der Waals surface area contributed by atoms with Crippen molar-refractivity contribution < 1.29 is 39.1 Å². The number of Topliss-reactive ketones (excluding diaryl/α,β-unsaturated/α-hetero) is 1. The third-order valence-corrected chi connectivity index (χ3v) is 9.13.